The number of urea groups is 2. The number of carbonyl (C=O) groups is 2. The summed E-state index contributed by atoms with van der Waals surface area (Å²) in [6.07, 6.45) is 3.69. The first kappa shape index (κ1) is 15.8. The highest BCUT2D eigenvalue weighted by molar-refractivity contribution is 8.13. The minimum absolute atomic E-state index is 0.290. The van der Waals surface area contributed by atoms with Crippen LogP contribution in [0.1, 0.15) is 19.8 Å². The van der Waals surface area contributed by atoms with Gasteiger partial charge in [0.1, 0.15) is 0 Å². The van der Waals surface area contributed by atoms with Gasteiger partial charge in [-0.05, 0) is 12.7 Å². The number of hydrogen-bond acceptors (Lipinski definition) is 3. The number of rotatable bonds is 3. The highest BCUT2D eigenvalue weighted by Gasteiger charge is 2.07. The number of thioether (sulfide) groups is 1. The van der Waals surface area contributed by atoms with Crippen LogP contribution in [0.3, 0.4) is 0 Å². The minimum atomic E-state index is -0.400. The van der Waals surface area contributed by atoms with Crippen molar-refractivity contribution in [1.82, 2.24) is 15.5 Å². The Balaban J connectivity index is 4.21. The van der Waals surface area contributed by atoms with Gasteiger partial charge in [-0.15, -0.1) is 0 Å². The maximum absolute atomic E-state index is 11.4. The summed E-state index contributed by atoms with van der Waals surface area (Å²) in [5.74, 6) is 0. The molecule has 0 fully saturated rings. The van der Waals surface area contributed by atoms with Crippen LogP contribution in [0, 0.1) is 0 Å². The molecule has 0 unspecified atom stereocenters. The molecule has 0 saturated heterocycles. The quantitative estimate of drug-likeness (QED) is 0.458. The fourth-order valence-corrected chi connectivity index (χ4v) is 1.20. The first-order valence-corrected chi connectivity index (χ1v) is 6.62. The van der Waals surface area contributed by atoms with Crippen LogP contribution < -0.4 is 10.6 Å². The molecule has 17 heavy (non-hydrogen) atoms. The van der Waals surface area contributed by atoms with Crippen LogP contribution in [0.15, 0.2) is 4.99 Å². The van der Waals surface area contributed by atoms with Crippen LogP contribution in [-0.2, 0) is 0 Å². The molecule has 0 heterocycles. The number of amides is 4. The van der Waals surface area contributed by atoms with Gasteiger partial charge in [-0.2, -0.15) is 4.99 Å². The lowest BCUT2D eigenvalue weighted by atomic mass is 10.3. The Morgan fingerprint density at radius 1 is 1.35 bits per heavy atom. The molecule has 98 valence electrons. The lowest BCUT2D eigenvalue weighted by molar-refractivity contribution is 0.227. The Bertz CT molecular complexity index is 292. The second kappa shape index (κ2) is 8.86. The van der Waals surface area contributed by atoms with Crippen LogP contribution in [0.4, 0.5) is 9.59 Å². The molecule has 0 aliphatic heterocycles. The Kier molecular flexibility index (Phi) is 8.21. The lowest BCUT2D eigenvalue weighted by Gasteiger charge is -2.09. The first-order valence-electron chi connectivity index (χ1n) is 5.40. The average Bonchev–Trinajstić information content (AvgIpc) is 2.28. The highest BCUT2D eigenvalue weighted by Crippen LogP contribution is 1.97. The first-order chi connectivity index (χ1) is 8.01. The summed E-state index contributed by atoms with van der Waals surface area (Å²) >= 11 is 1.21. The molecule has 2 N–H and O–H groups in total. The predicted molar refractivity (Wildman–Crippen MR) is 71.5 cm³/mol. The summed E-state index contributed by atoms with van der Waals surface area (Å²) in [4.78, 5) is 27.8. The molecular formula is C10H20N4O2S. The molecule has 0 aliphatic carbocycles. The SMILES string of the molecule is CCCCNC(=O)NC(=NC(=O)N(C)C)SC. The third-order valence-corrected chi connectivity index (χ3v) is 2.39. The molecular weight excluding hydrogens is 240 g/mol. The molecule has 0 aromatic carbocycles. The average molecular weight is 260 g/mol. The zero-order valence-corrected chi connectivity index (χ0v) is 11.6. The van der Waals surface area contributed by atoms with Gasteiger partial charge in [-0.25, -0.2) is 9.59 Å². The van der Waals surface area contributed by atoms with Crippen molar-refractivity contribution in [2.24, 2.45) is 4.99 Å². The number of unbranched alkanes of at least 4 members (excludes halogenated alkanes) is 1. The van der Waals surface area contributed by atoms with Crippen molar-refractivity contribution in [3.05, 3.63) is 0 Å². The molecule has 0 bridgehead atoms. The number of hydrogen-bond donors (Lipinski definition) is 2. The number of aliphatic imine (C=N–C) groups is 1. The van der Waals surface area contributed by atoms with Gasteiger partial charge in [0.05, 0.1) is 0 Å². The second-order valence-electron chi connectivity index (χ2n) is 3.53. The number of nitrogens with one attached hydrogen (secondary N) is 2. The van der Waals surface area contributed by atoms with Gasteiger partial charge in [-0.1, -0.05) is 25.1 Å². The molecule has 0 atom stereocenters. The van der Waals surface area contributed by atoms with E-state index in [1.807, 2.05) is 6.92 Å². The summed E-state index contributed by atoms with van der Waals surface area (Å²) in [6.45, 7) is 2.66. The zero-order chi connectivity index (χ0) is 13.3. The summed E-state index contributed by atoms with van der Waals surface area (Å²) < 4.78 is 0. The molecule has 0 rings (SSSR count). The van der Waals surface area contributed by atoms with E-state index in [-0.39, 0.29) is 11.2 Å². The summed E-state index contributed by atoms with van der Waals surface area (Å²) in [6, 6.07) is -0.735. The van der Waals surface area contributed by atoms with Crippen LogP contribution in [0.2, 0.25) is 0 Å². The molecule has 0 aromatic rings. The molecule has 6 nitrogen and oxygen atoms in total. The van der Waals surface area contributed by atoms with E-state index in [4.69, 9.17) is 0 Å². The molecule has 0 spiro atoms. The zero-order valence-electron chi connectivity index (χ0n) is 10.7. The van der Waals surface area contributed by atoms with Crippen molar-refractivity contribution in [3.8, 4) is 0 Å². The van der Waals surface area contributed by atoms with E-state index in [0.717, 1.165) is 12.8 Å². The van der Waals surface area contributed by atoms with E-state index in [1.165, 1.54) is 16.7 Å². The lowest BCUT2D eigenvalue weighted by Crippen LogP contribution is -2.39. The monoisotopic (exact) mass is 260 g/mol. The van der Waals surface area contributed by atoms with Gasteiger partial charge >= 0.3 is 12.1 Å². The summed E-state index contributed by atoms with van der Waals surface area (Å²) in [7, 11) is 3.20. The van der Waals surface area contributed by atoms with Crippen LogP contribution >= 0.6 is 11.8 Å². The smallest absolute Gasteiger partial charge is 0.338 e. The van der Waals surface area contributed by atoms with Gasteiger partial charge < -0.3 is 10.2 Å². The Morgan fingerprint density at radius 3 is 2.47 bits per heavy atom. The van der Waals surface area contributed by atoms with Crippen molar-refractivity contribution in [3.63, 3.8) is 0 Å². The number of nitrogens with zero attached hydrogens (tertiary/aromatic N) is 2. The van der Waals surface area contributed by atoms with Crippen molar-refractivity contribution < 1.29 is 9.59 Å². The maximum atomic E-state index is 11.4. The van der Waals surface area contributed by atoms with E-state index in [9.17, 15) is 9.59 Å². The normalized spacial score (nSPS) is 10.9. The molecule has 7 heteroatoms. The Labute approximate surface area is 106 Å². The van der Waals surface area contributed by atoms with Gasteiger partial charge in [0.25, 0.3) is 0 Å². The van der Waals surface area contributed by atoms with Crippen LogP contribution in [0.25, 0.3) is 0 Å². The topological polar surface area (TPSA) is 73.8 Å². The number of carbonyl (C=O) groups excluding carboxylic acids is 2. The van der Waals surface area contributed by atoms with E-state index in [0.29, 0.717) is 6.54 Å². The van der Waals surface area contributed by atoms with Crippen LogP contribution in [-0.4, -0.2) is 49.0 Å². The van der Waals surface area contributed by atoms with E-state index in [1.54, 1.807) is 20.4 Å². The van der Waals surface area contributed by atoms with Gasteiger partial charge in [0.2, 0.25) is 0 Å². The fourth-order valence-electron chi connectivity index (χ4n) is 0.832. The van der Waals surface area contributed by atoms with Gasteiger partial charge in [-0.3, -0.25) is 5.32 Å². The standard InChI is InChI=1S/C10H20N4O2S/c1-5-6-7-11-8(15)12-9(17-4)13-10(16)14(2)3/h5-7H2,1-4H3,(H2,11,12,13,15,16). The van der Waals surface area contributed by atoms with E-state index in [2.05, 4.69) is 15.6 Å². The molecule has 0 aromatic heterocycles. The van der Waals surface area contributed by atoms with Crippen LogP contribution in [0.5, 0.6) is 0 Å². The van der Waals surface area contributed by atoms with E-state index < -0.39 is 6.03 Å². The van der Waals surface area contributed by atoms with Gasteiger partial charge in [0.15, 0.2) is 5.17 Å². The van der Waals surface area contributed by atoms with Crippen molar-refractivity contribution >= 4 is 29.0 Å². The molecule has 0 saturated carbocycles. The third kappa shape index (κ3) is 7.62. The molecule has 4 amide bonds. The molecule has 0 aliphatic rings. The highest BCUT2D eigenvalue weighted by atomic mass is 32.2. The number of amidine groups is 1. The Hall–Kier alpha value is -1.24. The van der Waals surface area contributed by atoms with E-state index >= 15 is 0 Å². The van der Waals surface area contributed by atoms with Gasteiger partial charge in [0, 0.05) is 20.6 Å². The van der Waals surface area contributed by atoms with Crippen molar-refractivity contribution in [1.29, 1.82) is 0 Å². The summed E-state index contributed by atoms with van der Waals surface area (Å²) in [5, 5.41) is 5.50. The van der Waals surface area contributed by atoms with Crippen molar-refractivity contribution in [2.75, 3.05) is 26.9 Å². The molecule has 0 radical (unpaired) electrons. The largest absolute Gasteiger partial charge is 0.345 e. The second-order valence-corrected chi connectivity index (χ2v) is 4.33. The minimum Gasteiger partial charge on any atom is -0.338 e. The van der Waals surface area contributed by atoms with Crippen molar-refractivity contribution in [2.45, 2.75) is 19.8 Å². The maximum Gasteiger partial charge on any atom is 0.345 e. The predicted octanol–water partition coefficient (Wildman–Crippen LogP) is 1.49. The summed E-state index contributed by atoms with van der Waals surface area (Å²) in [5.41, 5.74) is 0. The Morgan fingerprint density at radius 2 is 2.00 bits per heavy atom. The third-order valence-electron chi connectivity index (χ3n) is 1.81. The fraction of sp³-hybridized carbons (Fsp3) is 0.700.